The van der Waals surface area contributed by atoms with Crippen LogP contribution in [-0.4, -0.2) is 22.8 Å². The Bertz CT molecular complexity index is 707. The van der Waals surface area contributed by atoms with Crippen molar-refractivity contribution >= 4 is 21.6 Å². The van der Waals surface area contributed by atoms with Crippen LogP contribution in [0.5, 0.6) is 5.75 Å². The molecular formula is C16H15NO2S. The molecule has 0 amide bonds. The van der Waals surface area contributed by atoms with Gasteiger partial charge in [-0.1, -0.05) is 36.4 Å². The predicted octanol–water partition coefficient (Wildman–Crippen LogP) is 3.72. The number of thiazole rings is 1. The Balaban J connectivity index is 2.00. The number of aliphatic hydroxyl groups is 1. The number of fused-ring (bicyclic) bond motifs is 1. The molecular weight excluding hydrogens is 270 g/mol. The fourth-order valence-corrected chi connectivity index (χ4v) is 2.99. The summed E-state index contributed by atoms with van der Waals surface area (Å²) in [6.07, 6.45) is -0.480. The fraction of sp³-hybridized carbons (Fsp3) is 0.188. The molecule has 102 valence electrons. The van der Waals surface area contributed by atoms with Crippen LogP contribution in [0, 0.1) is 0 Å². The van der Waals surface area contributed by atoms with Gasteiger partial charge in [-0.25, -0.2) is 4.98 Å². The molecule has 0 saturated heterocycles. The van der Waals surface area contributed by atoms with Crippen molar-refractivity contribution in [3.8, 4) is 16.3 Å². The number of ether oxygens (including phenoxy) is 1. The first-order valence-electron chi connectivity index (χ1n) is 6.50. The third-order valence-corrected chi connectivity index (χ3v) is 4.01. The van der Waals surface area contributed by atoms with Crippen molar-refractivity contribution in [1.82, 2.24) is 4.98 Å². The smallest absolute Gasteiger partial charge is 0.138 e. The van der Waals surface area contributed by atoms with E-state index in [-0.39, 0.29) is 6.61 Å². The SMILES string of the molecule is CC(O)COc1cccc2nc(-c3ccccc3)sc12. The van der Waals surface area contributed by atoms with Crippen LogP contribution in [0.3, 0.4) is 0 Å². The molecule has 3 aromatic rings. The molecule has 1 atom stereocenters. The molecule has 0 saturated carbocycles. The normalized spacial score (nSPS) is 12.5. The maximum absolute atomic E-state index is 9.33. The van der Waals surface area contributed by atoms with Gasteiger partial charge in [-0.2, -0.15) is 0 Å². The lowest BCUT2D eigenvalue weighted by Crippen LogP contribution is -2.12. The van der Waals surface area contributed by atoms with Crippen LogP contribution in [-0.2, 0) is 0 Å². The van der Waals surface area contributed by atoms with Gasteiger partial charge in [0.05, 0.1) is 16.3 Å². The summed E-state index contributed by atoms with van der Waals surface area (Å²) in [5, 5.41) is 10.3. The van der Waals surface area contributed by atoms with Crippen molar-refractivity contribution in [2.45, 2.75) is 13.0 Å². The number of benzene rings is 2. The quantitative estimate of drug-likeness (QED) is 0.794. The zero-order valence-electron chi connectivity index (χ0n) is 11.1. The summed E-state index contributed by atoms with van der Waals surface area (Å²) in [7, 11) is 0. The standard InChI is InChI=1S/C16H15NO2S/c1-11(18)10-19-14-9-5-8-13-15(14)20-16(17-13)12-6-3-2-4-7-12/h2-9,11,18H,10H2,1H3. The van der Waals surface area contributed by atoms with Gasteiger partial charge in [-0.15, -0.1) is 11.3 Å². The van der Waals surface area contributed by atoms with Crippen LogP contribution in [0.2, 0.25) is 0 Å². The van der Waals surface area contributed by atoms with Crippen molar-refractivity contribution in [2.24, 2.45) is 0 Å². The van der Waals surface area contributed by atoms with E-state index in [2.05, 4.69) is 4.98 Å². The van der Waals surface area contributed by atoms with Gasteiger partial charge in [0.2, 0.25) is 0 Å². The molecule has 0 aliphatic carbocycles. The second kappa shape index (κ2) is 5.61. The lowest BCUT2D eigenvalue weighted by Gasteiger charge is -2.08. The van der Waals surface area contributed by atoms with Crippen LogP contribution in [0.1, 0.15) is 6.92 Å². The second-order valence-electron chi connectivity index (χ2n) is 4.65. The van der Waals surface area contributed by atoms with Crippen molar-refractivity contribution in [3.63, 3.8) is 0 Å². The van der Waals surface area contributed by atoms with E-state index in [9.17, 15) is 5.11 Å². The van der Waals surface area contributed by atoms with Gasteiger partial charge < -0.3 is 9.84 Å². The number of hydrogen-bond donors (Lipinski definition) is 1. The van der Waals surface area contributed by atoms with Gasteiger partial charge in [-0.3, -0.25) is 0 Å². The number of rotatable bonds is 4. The van der Waals surface area contributed by atoms with E-state index in [1.165, 1.54) is 0 Å². The van der Waals surface area contributed by atoms with Crippen molar-refractivity contribution < 1.29 is 9.84 Å². The van der Waals surface area contributed by atoms with E-state index >= 15 is 0 Å². The van der Waals surface area contributed by atoms with Crippen LogP contribution in [0.15, 0.2) is 48.5 Å². The maximum atomic E-state index is 9.33. The molecule has 3 nitrogen and oxygen atoms in total. The fourth-order valence-electron chi connectivity index (χ4n) is 1.95. The van der Waals surface area contributed by atoms with E-state index in [0.29, 0.717) is 0 Å². The number of hydrogen-bond acceptors (Lipinski definition) is 4. The van der Waals surface area contributed by atoms with Crippen LogP contribution < -0.4 is 4.74 Å². The highest BCUT2D eigenvalue weighted by Gasteiger charge is 2.10. The maximum Gasteiger partial charge on any atom is 0.138 e. The van der Waals surface area contributed by atoms with Gasteiger partial charge in [0.1, 0.15) is 17.4 Å². The minimum absolute atomic E-state index is 0.289. The average molecular weight is 285 g/mol. The Hall–Kier alpha value is -1.91. The Labute approximate surface area is 121 Å². The lowest BCUT2D eigenvalue weighted by molar-refractivity contribution is 0.124. The highest BCUT2D eigenvalue weighted by molar-refractivity contribution is 7.22. The summed E-state index contributed by atoms with van der Waals surface area (Å²) in [6.45, 7) is 2.00. The van der Waals surface area contributed by atoms with Gasteiger partial charge in [0, 0.05) is 5.56 Å². The molecule has 1 unspecified atom stereocenters. The first-order valence-corrected chi connectivity index (χ1v) is 7.31. The minimum atomic E-state index is -0.480. The number of aliphatic hydroxyl groups excluding tert-OH is 1. The molecule has 0 aliphatic rings. The molecule has 4 heteroatoms. The topological polar surface area (TPSA) is 42.4 Å². The van der Waals surface area contributed by atoms with Gasteiger partial charge in [-0.05, 0) is 19.1 Å². The summed E-state index contributed by atoms with van der Waals surface area (Å²) in [4.78, 5) is 4.65. The van der Waals surface area contributed by atoms with Gasteiger partial charge >= 0.3 is 0 Å². The molecule has 0 radical (unpaired) electrons. The first kappa shape index (κ1) is 13.1. The van der Waals surface area contributed by atoms with E-state index < -0.39 is 6.10 Å². The molecule has 3 rings (SSSR count). The third-order valence-electron chi connectivity index (χ3n) is 2.88. The van der Waals surface area contributed by atoms with Crippen molar-refractivity contribution in [3.05, 3.63) is 48.5 Å². The summed E-state index contributed by atoms with van der Waals surface area (Å²) in [5.41, 5.74) is 2.03. The Morgan fingerprint density at radius 1 is 1.15 bits per heavy atom. The van der Waals surface area contributed by atoms with Crippen LogP contribution in [0.4, 0.5) is 0 Å². The van der Waals surface area contributed by atoms with Gasteiger partial charge in [0.15, 0.2) is 0 Å². The minimum Gasteiger partial charge on any atom is -0.489 e. The lowest BCUT2D eigenvalue weighted by atomic mass is 10.2. The molecule has 1 heterocycles. The Morgan fingerprint density at radius 2 is 1.95 bits per heavy atom. The van der Waals surface area contributed by atoms with Crippen molar-refractivity contribution in [2.75, 3.05) is 6.61 Å². The van der Waals surface area contributed by atoms with Crippen LogP contribution in [0.25, 0.3) is 20.8 Å². The largest absolute Gasteiger partial charge is 0.489 e. The number of aromatic nitrogens is 1. The predicted molar refractivity (Wildman–Crippen MR) is 82.2 cm³/mol. The summed E-state index contributed by atoms with van der Waals surface area (Å²) in [5.74, 6) is 0.781. The molecule has 2 aromatic carbocycles. The monoisotopic (exact) mass is 285 g/mol. The van der Waals surface area contributed by atoms with Gasteiger partial charge in [0.25, 0.3) is 0 Å². The zero-order chi connectivity index (χ0) is 13.9. The molecule has 1 N–H and O–H groups in total. The van der Waals surface area contributed by atoms with E-state index in [1.807, 2.05) is 48.5 Å². The highest BCUT2D eigenvalue weighted by Crippen LogP contribution is 2.35. The van der Waals surface area contributed by atoms with Crippen LogP contribution >= 0.6 is 11.3 Å². The van der Waals surface area contributed by atoms with Crippen molar-refractivity contribution in [1.29, 1.82) is 0 Å². The molecule has 20 heavy (non-hydrogen) atoms. The molecule has 0 bridgehead atoms. The highest BCUT2D eigenvalue weighted by atomic mass is 32.1. The Morgan fingerprint density at radius 3 is 2.70 bits per heavy atom. The Kier molecular flexibility index (Phi) is 3.67. The summed E-state index contributed by atoms with van der Waals surface area (Å²) in [6, 6.07) is 15.9. The second-order valence-corrected chi connectivity index (χ2v) is 5.65. The third kappa shape index (κ3) is 2.66. The average Bonchev–Trinajstić information content (AvgIpc) is 2.90. The molecule has 0 fully saturated rings. The van der Waals surface area contributed by atoms with E-state index in [4.69, 9.17) is 4.74 Å². The van der Waals surface area contributed by atoms with E-state index in [0.717, 1.165) is 26.5 Å². The summed E-state index contributed by atoms with van der Waals surface area (Å²) >= 11 is 1.61. The summed E-state index contributed by atoms with van der Waals surface area (Å²) < 4.78 is 6.67. The zero-order valence-corrected chi connectivity index (χ0v) is 11.9. The van der Waals surface area contributed by atoms with E-state index in [1.54, 1.807) is 18.3 Å². The molecule has 0 aliphatic heterocycles. The molecule has 1 aromatic heterocycles. The first-order chi connectivity index (χ1) is 9.74. The molecule has 0 spiro atoms. The number of nitrogens with zero attached hydrogens (tertiary/aromatic N) is 1.